The molecule has 104 valence electrons. The SMILES string of the molecule is CC1(C)NNC(=O)/C1=C\c1cccc2cc(C#N)ccc12. The molecule has 2 N–H and O–H groups in total. The van der Waals surface area contributed by atoms with Gasteiger partial charge in [0.2, 0.25) is 0 Å². The predicted molar refractivity (Wildman–Crippen MR) is 82.0 cm³/mol. The molecule has 21 heavy (non-hydrogen) atoms. The number of rotatable bonds is 1. The number of nitrogens with one attached hydrogen (secondary N) is 2. The number of amides is 1. The van der Waals surface area contributed by atoms with Crippen LogP contribution in [0, 0.1) is 11.3 Å². The largest absolute Gasteiger partial charge is 0.287 e. The smallest absolute Gasteiger partial charge is 0.263 e. The van der Waals surface area contributed by atoms with E-state index < -0.39 is 5.54 Å². The standard InChI is InChI=1S/C17H15N3O/c1-17(2)15(16(21)19-20-17)9-13-5-3-4-12-8-11(10-18)6-7-14(12)13/h3-9,20H,1-2H3,(H,19,21)/b15-9+. The predicted octanol–water partition coefficient (Wildman–Crippen LogP) is 2.51. The molecule has 0 bridgehead atoms. The van der Waals surface area contributed by atoms with Gasteiger partial charge in [-0.3, -0.25) is 10.2 Å². The maximum atomic E-state index is 11.9. The van der Waals surface area contributed by atoms with Crippen molar-refractivity contribution in [2.75, 3.05) is 0 Å². The lowest BCUT2D eigenvalue weighted by molar-refractivity contribution is -0.116. The van der Waals surface area contributed by atoms with Gasteiger partial charge >= 0.3 is 0 Å². The van der Waals surface area contributed by atoms with E-state index >= 15 is 0 Å². The normalized spacial score (nSPS) is 18.7. The van der Waals surface area contributed by atoms with Gasteiger partial charge in [-0.05, 0) is 48.4 Å². The molecule has 1 aliphatic rings. The van der Waals surface area contributed by atoms with Gasteiger partial charge in [-0.15, -0.1) is 0 Å². The molecule has 0 aliphatic carbocycles. The fourth-order valence-electron chi connectivity index (χ4n) is 2.54. The molecule has 3 rings (SSSR count). The molecule has 0 unspecified atom stereocenters. The van der Waals surface area contributed by atoms with Crippen molar-refractivity contribution in [3.05, 3.63) is 53.1 Å². The number of nitrogens with zero attached hydrogens (tertiary/aromatic N) is 1. The number of carbonyl (C=O) groups is 1. The third kappa shape index (κ3) is 2.28. The summed E-state index contributed by atoms with van der Waals surface area (Å²) in [6.07, 6.45) is 1.91. The van der Waals surface area contributed by atoms with Crippen LogP contribution in [0.4, 0.5) is 0 Å². The van der Waals surface area contributed by atoms with Gasteiger partial charge in [0.25, 0.3) is 5.91 Å². The van der Waals surface area contributed by atoms with Crippen LogP contribution in [-0.4, -0.2) is 11.4 Å². The zero-order valence-corrected chi connectivity index (χ0v) is 11.9. The second kappa shape index (κ2) is 4.72. The topological polar surface area (TPSA) is 64.9 Å². The van der Waals surface area contributed by atoms with Crippen LogP contribution >= 0.6 is 0 Å². The monoisotopic (exact) mass is 277 g/mol. The molecule has 0 radical (unpaired) electrons. The van der Waals surface area contributed by atoms with Crippen LogP contribution in [0.25, 0.3) is 16.8 Å². The summed E-state index contributed by atoms with van der Waals surface area (Å²) in [7, 11) is 0. The Labute approximate surface area is 123 Å². The lowest BCUT2D eigenvalue weighted by Gasteiger charge is -2.17. The van der Waals surface area contributed by atoms with Gasteiger partial charge in [0.1, 0.15) is 0 Å². The summed E-state index contributed by atoms with van der Waals surface area (Å²) in [4.78, 5) is 11.9. The number of hydrogen-bond donors (Lipinski definition) is 2. The molecule has 1 fully saturated rings. The first-order chi connectivity index (χ1) is 10.0. The molecular weight excluding hydrogens is 262 g/mol. The minimum Gasteiger partial charge on any atom is -0.287 e. The molecule has 2 aromatic carbocycles. The van der Waals surface area contributed by atoms with Crippen LogP contribution < -0.4 is 10.9 Å². The summed E-state index contributed by atoms with van der Waals surface area (Å²) in [5.41, 5.74) is 7.50. The Hall–Kier alpha value is -2.64. The van der Waals surface area contributed by atoms with E-state index in [9.17, 15) is 4.79 Å². The minimum atomic E-state index is -0.411. The van der Waals surface area contributed by atoms with Crippen molar-refractivity contribution in [3.8, 4) is 6.07 Å². The molecule has 0 atom stereocenters. The van der Waals surface area contributed by atoms with Crippen LogP contribution in [0.2, 0.25) is 0 Å². The van der Waals surface area contributed by atoms with Gasteiger partial charge in [0.15, 0.2) is 0 Å². The molecule has 1 aliphatic heterocycles. The highest BCUT2D eigenvalue weighted by molar-refractivity contribution is 6.04. The van der Waals surface area contributed by atoms with Crippen molar-refractivity contribution < 1.29 is 4.79 Å². The molecule has 1 amide bonds. The third-order valence-corrected chi connectivity index (χ3v) is 3.75. The average Bonchev–Trinajstić information content (AvgIpc) is 2.74. The molecule has 0 aromatic heterocycles. The second-order valence-corrected chi connectivity index (χ2v) is 5.66. The zero-order chi connectivity index (χ0) is 15.0. The van der Waals surface area contributed by atoms with Gasteiger partial charge < -0.3 is 0 Å². The summed E-state index contributed by atoms with van der Waals surface area (Å²) in [5.74, 6) is -0.106. The number of hydrazine groups is 1. The molecule has 1 heterocycles. The molecule has 2 aromatic rings. The lowest BCUT2D eigenvalue weighted by Crippen LogP contribution is -2.38. The van der Waals surface area contributed by atoms with Gasteiger partial charge in [0.05, 0.1) is 17.2 Å². The summed E-state index contributed by atoms with van der Waals surface area (Å²) >= 11 is 0. The van der Waals surface area contributed by atoms with E-state index in [4.69, 9.17) is 5.26 Å². The van der Waals surface area contributed by atoms with E-state index in [1.165, 1.54) is 0 Å². The van der Waals surface area contributed by atoms with E-state index in [0.717, 1.165) is 16.3 Å². The second-order valence-electron chi connectivity index (χ2n) is 5.66. The van der Waals surface area contributed by atoms with Crippen LogP contribution in [0.15, 0.2) is 42.0 Å². The summed E-state index contributed by atoms with van der Waals surface area (Å²) < 4.78 is 0. The van der Waals surface area contributed by atoms with Crippen LogP contribution in [-0.2, 0) is 4.79 Å². The van der Waals surface area contributed by atoms with E-state index in [0.29, 0.717) is 11.1 Å². The molecule has 1 saturated heterocycles. The highest BCUT2D eigenvalue weighted by Gasteiger charge is 2.34. The summed E-state index contributed by atoms with van der Waals surface area (Å²) in [5, 5.41) is 11.0. The van der Waals surface area contributed by atoms with E-state index in [1.807, 2.05) is 50.3 Å². The van der Waals surface area contributed by atoms with E-state index in [1.54, 1.807) is 6.07 Å². The van der Waals surface area contributed by atoms with Crippen molar-refractivity contribution in [1.29, 1.82) is 5.26 Å². The highest BCUT2D eigenvalue weighted by Crippen LogP contribution is 2.27. The van der Waals surface area contributed by atoms with Crippen molar-refractivity contribution >= 4 is 22.8 Å². The lowest BCUT2D eigenvalue weighted by atomic mass is 9.92. The van der Waals surface area contributed by atoms with Gasteiger partial charge in [-0.1, -0.05) is 24.3 Å². The van der Waals surface area contributed by atoms with E-state index in [2.05, 4.69) is 16.9 Å². The van der Waals surface area contributed by atoms with Gasteiger partial charge in [-0.2, -0.15) is 5.26 Å². The van der Waals surface area contributed by atoms with Crippen molar-refractivity contribution in [2.24, 2.45) is 0 Å². The van der Waals surface area contributed by atoms with E-state index in [-0.39, 0.29) is 5.91 Å². The summed E-state index contributed by atoms with van der Waals surface area (Å²) in [6, 6.07) is 13.6. The number of nitriles is 1. The Balaban J connectivity index is 2.18. The highest BCUT2D eigenvalue weighted by atomic mass is 16.2. The van der Waals surface area contributed by atoms with Gasteiger partial charge in [-0.25, -0.2) is 5.43 Å². The quantitative estimate of drug-likeness (QED) is 0.787. The Morgan fingerprint density at radius 1 is 1.24 bits per heavy atom. The Bertz CT molecular complexity index is 812. The Morgan fingerprint density at radius 3 is 2.71 bits per heavy atom. The number of hydrogen-bond acceptors (Lipinski definition) is 3. The zero-order valence-electron chi connectivity index (χ0n) is 11.9. The van der Waals surface area contributed by atoms with Crippen LogP contribution in [0.3, 0.4) is 0 Å². The fraction of sp³-hybridized carbons (Fsp3) is 0.176. The number of fused-ring (bicyclic) bond motifs is 1. The van der Waals surface area contributed by atoms with Crippen molar-refractivity contribution in [1.82, 2.24) is 10.9 Å². The fourth-order valence-corrected chi connectivity index (χ4v) is 2.54. The molecule has 4 nitrogen and oxygen atoms in total. The summed E-state index contributed by atoms with van der Waals surface area (Å²) in [6.45, 7) is 3.91. The first-order valence-corrected chi connectivity index (χ1v) is 6.74. The van der Waals surface area contributed by atoms with Crippen molar-refractivity contribution in [2.45, 2.75) is 19.4 Å². The molecule has 0 saturated carbocycles. The Morgan fingerprint density at radius 2 is 2.05 bits per heavy atom. The van der Waals surface area contributed by atoms with Crippen LogP contribution in [0.1, 0.15) is 25.0 Å². The minimum absolute atomic E-state index is 0.106. The molecular formula is C17H15N3O. The van der Waals surface area contributed by atoms with Crippen molar-refractivity contribution in [3.63, 3.8) is 0 Å². The molecule has 4 heteroatoms. The first kappa shape index (κ1) is 13.3. The maximum absolute atomic E-state index is 11.9. The van der Waals surface area contributed by atoms with Crippen LogP contribution in [0.5, 0.6) is 0 Å². The number of benzene rings is 2. The maximum Gasteiger partial charge on any atom is 0.263 e. The van der Waals surface area contributed by atoms with Gasteiger partial charge in [0, 0.05) is 5.57 Å². The average molecular weight is 277 g/mol. The molecule has 0 spiro atoms. The Kier molecular flexibility index (Phi) is 3.00. The first-order valence-electron chi connectivity index (χ1n) is 6.74. The third-order valence-electron chi connectivity index (χ3n) is 3.75. The number of carbonyl (C=O) groups excluding carboxylic acids is 1.